The van der Waals surface area contributed by atoms with Crippen molar-refractivity contribution in [3.8, 4) is 0 Å². The number of hydrogen-bond donors (Lipinski definition) is 1. The molecule has 6 heteroatoms. The highest BCUT2D eigenvalue weighted by Crippen LogP contribution is 2.23. The van der Waals surface area contributed by atoms with Crippen LogP contribution in [-0.2, 0) is 18.4 Å². The number of anilines is 1. The van der Waals surface area contributed by atoms with Crippen molar-refractivity contribution in [3.63, 3.8) is 0 Å². The molecule has 116 valence electrons. The Bertz CT molecular complexity index is 649. The van der Waals surface area contributed by atoms with E-state index < -0.39 is 0 Å². The van der Waals surface area contributed by atoms with Crippen molar-refractivity contribution >= 4 is 11.6 Å². The van der Waals surface area contributed by atoms with Crippen LogP contribution in [-0.4, -0.2) is 27.2 Å². The van der Waals surface area contributed by atoms with Crippen LogP contribution in [0.15, 0.2) is 30.6 Å². The molecule has 1 atom stereocenters. The smallest absolute Gasteiger partial charge is 0.227 e. The van der Waals surface area contributed by atoms with Gasteiger partial charge >= 0.3 is 0 Å². The standard InChI is InChI=1S/C16H21N5O/c1-12(17-10-15-18-11-19-20(15)2)13-5-7-14(8-6-13)21-9-3-4-16(21)22/h5-8,11-12,17H,3-4,9-10H2,1-2H3. The Kier molecular flexibility index (Phi) is 4.20. The largest absolute Gasteiger partial charge is 0.312 e. The summed E-state index contributed by atoms with van der Waals surface area (Å²) < 4.78 is 1.77. The van der Waals surface area contributed by atoms with Gasteiger partial charge in [0, 0.05) is 31.7 Å². The summed E-state index contributed by atoms with van der Waals surface area (Å²) in [6.07, 6.45) is 3.18. The maximum atomic E-state index is 11.8. The minimum atomic E-state index is 0.208. The van der Waals surface area contributed by atoms with Crippen LogP contribution >= 0.6 is 0 Å². The molecular weight excluding hydrogens is 278 g/mol. The first-order chi connectivity index (χ1) is 10.6. The molecule has 1 aromatic carbocycles. The van der Waals surface area contributed by atoms with Gasteiger partial charge in [-0.25, -0.2) is 4.98 Å². The third-order valence-corrected chi connectivity index (χ3v) is 4.15. The lowest BCUT2D eigenvalue weighted by Gasteiger charge is -2.18. The van der Waals surface area contributed by atoms with Crippen LogP contribution in [0.2, 0.25) is 0 Å². The third-order valence-electron chi connectivity index (χ3n) is 4.15. The Morgan fingerprint density at radius 3 is 2.68 bits per heavy atom. The summed E-state index contributed by atoms with van der Waals surface area (Å²) in [6.45, 7) is 3.62. The summed E-state index contributed by atoms with van der Waals surface area (Å²) in [5.74, 6) is 1.13. The van der Waals surface area contributed by atoms with Crippen LogP contribution in [0.1, 0.15) is 37.2 Å². The van der Waals surface area contributed by atoms with Gasteiger partial charge in [-0.05, 0) is 31.0 Å². The van der Waals surface area contributed by atoms with E-state index in [4.69, 9.17) is 0 Å². The fraction of sp³-hybridized carbons (Fsp3) is 0.438. The number of aryl methyl sites for hydroxylation is 1. The maximum absolute atomic E-state index is 11.8. The second-order valence-electron chi connectivity index (χ2n) is 5.64. The topological polar surface area (TPSA) is 63.1 Å². The van der Waals surface area contributed by atoms with Crippen molar-refractivity contribution in [2.45, 2.75) is 32.4 Å². The van der Waals surface area contributed by atoms with Crippen molar-refractivity contribution in [2.75, 3.05) is 11.4 Å². The second-order valence-corrected chi connectivity index (χ2v) is 5.64. The highest BCUT2D eigenvalue weighted by atomic mass is 16.2. The van der Waals surface area contributed by atoms with E-state index in [-0.39, 0.29) is 11.9 Å². The Morgan fingerprint density at radius 1 is 1.32 bits per heavy atom. The number of rotatable bonds is 5. The Hall–Kier alpha value is -2.21. The van der Waals surface area contributed by atoms with Crippen LogP contribution in [0.3, 0.4) is 0 Å². The van der Waals surface area contributed by atoms with Crippen molar-refractivity contribution in [1.29, 1.82) is 0 Å². The number of nitrogens with zero attached hydrogens (tertiary/aromatic N) is 4. The molecular formula is C16H21N5O. The molecule has 1 aromatic heterocycles. The normalized spacial score (nSPS) is 16.3. The minimum Gasteiger partial charge on any atom is -0.312 e. The first-order valence-corrected chi connectivity index (χ1v) is 7.62. The number of carbonyl (C=O) groups excluding carboxylic acids is 1. The number of carbonyl (C=O) groups is 1. The van der Waals surface area contributed by atoms with E-state index in [1.165, 1.54) is 5.56 Å². The molecule has 1 amide bonds. The molecule has 1 fully saturated rings. The molecule has 22 heavy (non-hydrogen) atoms. The van der Waals surface area contributed by atoms with Crippen LogP contribution in [0.4, 0.5) is 5.69 Å². The Labute approximate surface area is 130 Å². The number of benzene rings is 1. The van der Waals surface area contributed by atoms with Gasteiger partial charge in [-0.2, -0.15) is 5.10 Å². The first-order valence-electron chi connectivity index (χ1n) is 7.62. The second kappa shape index (κ2) is 6.27. The Balaban J connectivity index is 1.62. The predicted octanol–water partition coefficient (Wildman–Crippen LogP) is 1.79. The highest BCUT2D eigenvalue weighted by molar-refractivity contribution is 5.95. The SMILES string of the molecule is CC(NCc1ncnn1C)c1ccc(N2CCCC2=O)cc1. The van der Waals surface area contributed by atoms with Crippen LogP contribution < -0.4 is 10.2 Å². The molecule has 2 heterocycles. The third kappa shape index (κ3) is 3.01. The number of amides is 1. The molecule has 0 radical (unpaired) electrons. The van der Waals surface area contributed by atoms with Gasteiger partial charge in [0.05, 0.1) is 6.54 Å². The van der Waals surface area contributed by atoms with Gasteiger partial charge in [-0.15, -0.1) is 0 Å². The van der Waals surface area contributed by atoms with Crippen LogP contribution in [0, 0.1) is 0 Å². The molecule has 0 spiro atoms. The van der Waals surface area contributed by atoms with Crippen molar-refractivity contribution in [2.24, 2.45) is 7.05 Å². The van der Waals surface area contributed by atoms with Crippen LogP contribution in [0.25, 0.3) is 0 Å². The fourth-order valence-corrected chi connectivity index (χ4v) is 2.71. The zero-order valence-electron chi connectivity index (χ0n) is 13.0. The quantitative estimate of drug-likeness (QED) is 0.914. The van der Waals surface area contributed by atoms with E-state index in [0.717, 1.165) is 24.5 Å². The van der Waals surface area contributed by atoms with Gasteiger partial charge in [0.1, 0.15) is 12.2 Å². The number of hydrogen-bond acceptors (Lipinski definition) is 4. The minimum absolute atomic E-state index is 0.208. The number of nitrogens with one attached hydrogen (secondary N) is 1. The summed E-state index contributed by atoms with van der Waals surface area (Å²) in [5.41, 5.74) is 2.18. The molecule has 2 aromatic rings. The van der Waals surface area contributed by atoms with Gasteiger partial charge in [-0.3, -0.25) is 9.48 Å². The average Bonchev–Trinajstić information content (AvgIpc) is 3.13. The van der Waals surface area contributed by atoms with E-state index in [1.54, 1.807) is 11.0 Å². The summed E-state index contributed by atoms with van der Waals surface area (Å²) in [5, 5.41) is 7.49. The van der Waals surface area contributed by atoms with E-state index in [2.05, 4.69) is 34.5 Å². The molecule has 1 aliphatic heterocycles. The fourth-order valence-electron chi connectivity index (χ4n) is 2.71. The zero-order valence-corrected chi connectivity index (χ0v) is 13.0. The zero-order chi connectivity index (χ0) is 15.5. The van der Waals surface area contributed by atoms with Crippen molar-refractivity contribution < 1.29 is 4.79 Å². The highest BCUT2D eigenvalue weighted by Gasteiger charge is 2.21. The number of aromatic nitrogens is 3. The van der Waals surface area contributed by atoms with Gasteiger partial charge in [0.25, 0.3) is 0 Å². The first kappa shape index (κ1) is 14.7. The lowest BCUT2D eigenvalue weighted by atomic mass is 10.1. The average molecular weight is 299 g/mol. The lowest BCUT2D eigenvalue weighted by Crippen LogP contribution is -2.24. The summed E-state index contributed by atoms with van der Waals surface area (Å²) in [6, 6.07) is 8.42. The predicted molar refractivity (Wildman–Crippen MR) is 84.3 cm³/mol. The summed E-state index contributed by atoms with van der Waals surface area (Å²) in [4.78, 5) is 17.8. The van der Waals surface area contributed by atoms with Gasteiger partial charge in [-0.1, -0.05) is 12.1 Å². The van der Waals surface area contributed by atoms with E-state index >= 15 is 0 Å². The van der Waals surface area contributed by atoms with Gasteiger partial charge in [0.15, 0.2) is 0 Å². The van der Waals surface area contributed by atoms with Crippen molar-refractivity contribution in [3.05, 3.63) is 42.0 Å². The Morgan fingerprint density at radius 2 is 2.09 bits per heavy atom. The van der Waals surface area contributed by atoms with Gasteiger partial charge < -0.3 is 10.2 Å². The summed E-state index contributed by atoms with van der Waals surface area (Å²) >= 11 is 0. The van der Waals surface area contributed by atoms with E-state index in [1.807, 2.05) is 24.1 Å². The van der Waals surface area contributed by atoms with E-state index in [9.17, 15) is 4.79 Å². The molecule has 0 saturated carbocycles. The maximum Gasteiger partial charge on any atom is 0.227 e. The monoisotopic (exact) mass is 299 g/mol. The molecule has 1 N–H and O–H groups in total. The lowest BCUT2D eigenvalue weighted by molar-refractivity contribution is -0.117. The van der Waals surface area contributed by atoms with E-state index in [0.29, 0.717) is 13.0 Å². The molecule has 1 unspecified atom stereocenters. The molecule has 1 aliphatic rings. The molecule has 0 aliphatic carbocycles. The molecule has 6 nitrogen and oxygen atoms in total. The van der Waals surface area contributed by atoms with Gasteiger partial charge in [0.2, 0.25) is 5.91 Å². The molecule has 0 bridgehead atoms. The molecule has 3 rings (SSSR count). The van der Waals surface area contributed by atoms with Crippen LogP contribution in [0.5, 0.6) is 0 Å². The summed E-state index contributed by atoms with van der Waals surface area (Å²) in [7, 11) is 1.89. The molecule has 1 saturated heterocycles. The van der Waals surface area contributed by atoms with Crippen molar-refractivity contribution in [1.82, 2.24) is 20.1 Å².